The first-order chi connectivity index (χ1) is 9.45. The SMILES string of the molecule is CCCCN1C(=O)/C(=C\c2c(C)nn(C)c2C)NC1=S. The molecule has 1 aliphatic heterocycles. The Hall–Kier alpha value is -1.69. The molecular formula is C14H20N4OS. The number of hydrogen-bond donors (Lipinski definition) is 1. The Kier molecular flexibility index (Phi) is 4.23. The lowest BCUT2D eigenvalue weighted by molar-refractivity contribution is -0.122. The van der Waals surface area contributed by atoms with Crippen molar-refractivity contribution in [1.82, 2.24) is 20.0 Å². The summed E-state index contributed by atoms with van der Waals surface area (Å²) in [6, 6.07) is 0. The van der Waals surface area contributed by atoms with Gasteiger partial charge in [0.2, 0.25) is 0 Å². The highest BCUT2D eigenvalue weighted by Crippen LogP contribution is 2.19. The summed E-state index contributed by atoms with van der Waals surface area (Å²) >= 11 is 5.23. The molecule has 1 aromatic rings. The van der Waals surface area contributed by atoms with Crippen LogP contribution in [-0.4, -0.2) is 32.2 Å². The molecule has 6 heteroatoms. The van der Waals surface area contributed by atoms with Gasteiger partial charge in [-0.1, -0.05) is 13.3 Å². The van der Waals surface area contributed by atoms with E-state index in [9.17, 15) is 4.79 Å². The van der Waals surface area contributed by atoms with Crippen LogP contribution in [0.2, 0.25) is 0 Å². The van der Waals surface area contributed by atoms with Gasteiger partial charge in [-0.2, -0.15) is 5.10 Å². The quantitative estimate of drug-likeness (QED) is 0.680. The van der Waals surface area contributed by atoms with E-state index >= 15 is 0 Å². The topological polar surface area (TPSA) is 50.2 Å². The van der Waals surface area contributed by atoms with Crippen molar-refractivity contribution in [3.63, 3.8) is 0 Å². The van der Waals surface area contributed by atoms with Crippen LogP contribution in [0, 0.1) is 13.8 Å². The summed E-state index contributed by atoms with van der Waals surface area (Å²) in [6.07, 6.45) is 3.83. The Bertz CT molecular complexity index is 588. The van der Waals surface area contributed by atoms with Crippen LogP contribution in [0.3, 0.4) is 0 Å². The smallest absolute Gasteiger partial charge is 0.276 e. The molecule has 1 N–H and O–H groups in total. The van der Waals surface area contributed by atoms with Crippen LogP contribution in [0.1, 0.15) is 36.7 Å². The highest BCUT2D eigenvalue weighted by atomic mass is 32.1. The molecule has 0 aromatic carbocycles. The first-order valence-corrected chi connectivity index (χ1v) is 7.21. The molecule has 0 saturated carbocycles. The predicted octanol–water partition coefficient (Wildman–Crippen LogP) is 1.89. The highest BCUT2D eigenvalue weighted by molar-refractivity contribution is 7.80. The standard InChI is InChI=1S/C14H20N4OS/c1-5-6-7-18-13(19)12(15-14(18)20)8-11-9(2)16-17(4)10(11)3/h8H,5-7H2,1-4H3,(H,15,20)/b12-8+. The molecule has 0 unspecified atom stereocenters. The molecule has 2 heterocycles. The minimum atomic E-state index is -0.0499. The van der Waals surface area contributed by atoms with Crippen molar-refractivity contribution in [2.75, 3.05) is 6.54 Å². The number of nitrogens with zero attached hydrogens (tertiary/aromatic N) is 3. The summed E-state index contributed by atoms with van der Waals surface area (Å²) in [5, 5.41) is 7.85. The second-order valence-corrected chi connectivity index (χ2v) is 5.39. The van der Waals surface area contributed by atoms with Gasteiger partial charge in [0, 0.05) is 24.8 Å². The largest absolute Gasteiger partial charge is 0.328 e. The molecule has 1 amide bonds. The number of nitrogens with one attached hydrogen (secondary N) is 1. The number of carbonyl (C=O) groups excluding carboxylic acids is 1. The molecule has 0 bridgehead atoms. The van der Waals surface area contributed by atoms with Crippen molar-refractivity contribution in [1.29, 1.82) is 0 Å². The third-order valence-corrected chi connectivity index (χ3v) is 3.87. The lowest BCUT2D eigenvalue weighted by Gasteiger charge is -2.12. The fourth-order valence-corrected chi connectivity index (χ4v) is 2.52. The van der Waals surface area contributed by atoms with E-state index in [-0.39, 0.29) is 5.91 Å². The number of thiocarbonyl (C=S) groups is 1. The third-order valence-electron chi connectivity index (χ3n) is 3.55. The van der Waals surface area contributed by atoms with E-state index in [0.29, 0.717) is 17.4 Å². The van der Waals surface area contributed by atoms with Crippen molar-refractivity contribution in [3.05, 3.63) is 22.6 Å². The molecule has 1 saturated heterocycles. The van der Waals surface area contributed by atoms with Crippen molar-refractivity contribution in [2.24, 2.45) is 7.05 Å². The van der Waals surface area contributed by atoms with E-state index in [1.807, 2.05) is 31.7 Å². The van der Waals surface area contributed by atoms with E-state index in [2.05, 4.69) is 17.3 Å². The normalized spacial score (nSPS) is 17.2. The Labute approximate surface area is 124 Å². The maximum absolute atomic E-state index is 12.3. The summed E-state index contributed by atoms with van der Waals surface area (Å²) in [4.78, 5) is 14.0. The first kappa shape index (κ1) is 14.7. The van der Waals surface area contributed by atoms with E-state index in [4.69, 9.17) is 12.2 Å². The Morgan fingerprint density at radius 1 is 1.40 bits per heavy atom. The molecule has 1 aliphatic rings. The van der Waals surface area contributed by atoms with Gasteiger partial charge in [-0.05, 0) is 38.6 Å². The van der Waals surface area contributed by atoms with Crippen LogP contribution >= 0.6 is 12.2 Å². The van der Waals surface area contributed by atoms with Gasteiger partial charge < -0.3 is 5.32 Å². The number of amides is 1. The zero-order valence-electron chi connectivity index (χ0n) is 12.4. The number of aryl methyl sites for hydroxylation is 2. The molecule has 2 rings (SSSR count). The number of aromatic nitrogens is 2. The maximum atomic E-state index is 12.3. The molecule has 5 nitrogen and oxygen atoms in total. The van der Waals surface area contributed by atoms with Gasteiger partial charge in [-0.15, -0.1) is 0 Å². The molecule has 1 aromatic heterocycles. The van der Waals surface area contributed by atoms with E-state index in [1.54, 1.807) is 4.90 Å². The second-order valence-electron chi connectivity index (χ2n) is 5.01. The third kappa shape index (κ3) is 2.60. The van der Waals surface area contributed by atoms with Gasteiger partial charge in [-0.3, -0.25) is 14.4 Å². The Balaban J connectivity index is 2.28. The minimum Gasteiger partial charge on any atom is -0.328 e. The number of unbranched alkanes of at least 4 members (excludes halogenated alkanes) is 1. The molecule has 1 fully saturated rings. The monoisotopic (exact) mass is 292 g/mol. The average Bonchev–Trinajstić information content (AvgIpc) is 2.79. The van der Waals surface area contributed by atoms with E-state index in [0.717, 1.165) is 29.8 Å². The Morgan fingerprint density at radius 2 is 2.10 bits per heavy atom. The lowest BCUT2D eigenvalue weighted by atomic mass is 10.1. The second kappa shape index (κ2) is 5.75. The summed E-state index contributed by atoms with van der Waals surface area (Å²) in [5.74, 6) is -0.0499. The van der Waals surface area contributed by atoms with Gasteiger partial charge in [0.1, 0.15) is 5.70 Å². The maximum Gasteiger partial charge on any atom is 0.276 e. The molecule has 0 spiro atoms. The molecule has 0 aliphatic carbocycles. The van der Waals surface area contributed by atoms with Crippen LogP contribution in [0.5, 0.6) is 0 Å². The number of hydrogen-bond acceptors (Lipinski definition) is 3. The minimum absolute atomic E-state index is 0.0499. The van der Waals surface area contributed by atoms with Crippen molar-refractivity contribution >= 4 is 29.3 Å². The van der Waals surface area contributed by atoms with Crippen molar-refractivity contribution < 1.29 is 4.79 Å². The van der Waals surface area contributed by atoms with Gasteiger partial charge in [-0.25, -0.2) is 0 Å². The van der Waals surface area contributed by atoms with Crippen LogP contribution in [0.4, 0.5) is 0 Å². The summed E-state index contributed by atoms with van der Waals surface area (Å²) in [5.41, 5.74) is 3.45. The molecule has 20 heavy (non-hydrogen) atoms. The van der Waals surface area contributed by atoms with E-state index in [1.165, 1.54) is 0 Å². The van der Waals surface area contributed by atoms with Gasteiger partial charge in [0.05, 0.1) is 5.69 Å². The molecular weight excluding hydrogens is 272 g/mol. The van der Waals surface area contributed by atoms with Crippen LogP contribution in [0.15, 0.2) is 5.70 Å². The summed E-state index contributed by atoms with van der Waals surface area (Å²) in [7, 11) is 1.90. The fourth-order valence-electron chi connectivity index (χ4n) is 2.23. The van der Waals surface area contributed by atoms with Gasteiger partial charge in [0.25, 0.3) is 5.91 Å². The fraction of sp³-hybridized carbons (Fsp3) is 0.500. The molecule has 0 radical (unpaired) electrons. The zero-order chi connectivity index (χ0) is 14.9. The Morgan fingerprint density at radius 3 is 2.65 bits per heavy atom. The van der Waals surface area contributed by atoms with Gasteiger partial charge >= 0.3 is 0 Å². The molecule has 0 atom stereocenters. The van der Waals surface area contributed by atoms with E-state index < -0.39 is 0 Å². The first-order valence-electron chi connectivity index (χ1n) is 6.80. The highest BCUT2D eigenvalue weighted by Gasteiger charge is 2.30. The molecule has 108 valence electrons. The van der Waals surface area contributed by atoms with Crippen LogP contribution < -0.4 is 5.32 Å². The van der Waals surface area contributed by atoms with Crippen LogP contribution in [0.25, 0.3) is 6.08 Å². The predicted molar refractivity (Wildman–Crippen MR) is 83.0 cm³/mol. The number of carbonyl (C=O) groups is 1. The summed E-state index contributed by atoms with van der Waals surface area (Å²) in [6.45, 7) is 6.69. The summed E-state index contributed by atoms with van der Waals surface area (Å²) < 4.78 is 1.81. The van der Waals surface area contributed by atoms with Crippen molar-refractivity contribution in [3.8, 4) is 0 Å². The average molecular weight is 292 g/mol. The van der Waals surface area contributed by atoms with Crippen LogP contribution in [-0.2, 0) is 11.8 Å². The van der Waals surface area contributed by atoms with Crippen molar-refractivity contribution in [2.45, 2.75) is 33.6 Å². The zero-order valence-corrected chi connectivity index (χ0v) is 13.2. The lowest BCUT2D eigenvalue weighted by Crippen LogP contribution is -2.31. The van der Waals surface area contributed by atoms with Gasteiger partial charge in [0.15, 0.2) is 5.11 Å². The number of rotatable bonds is 4.